The van der Waals surface area contributed by atoms with E-state index >= 15 is 0 Å². The van der Waals surface area contributed by atoms with Crippen LogP contribution in [-0.2, 0) is 32.7 Å². The number of nitrogens with zero attached hydrogens (tertiary/aromatic N) is 2. The van der Waals surface area contributed by atoms with Gasteiger partial charge in [-0.05, 0) is 25.1 Å². The van der Waals surface area contributed by atoms with E-state index in [1.807, 2.05) is 30.3 Å². The van der Waals surface area contributed by atoms with Gasteiger partial charge in [0.15, 0.2) is 5.78 Å². The molecule has 0 unspecified atom stereocenters. The fraction of sp³-hybridized carbons (Fsp3) is 0.235. The maximum atomic E-state index is 11.8. The fourth-order valence-corrected chi connectivity index (χ4v) is 1.94. The Hall–Kier alpha value is -1.37. The van der Waals surface area contributed by atoms with Crippen molar-refractivity contribution in [1.29, 1.82) is 0 Å². The van der Waals surface area contributed by atoms with Crippen LogP contribution in [0.2, 0.25) is 0 Å². The number of benzene rings is 1. The molecule has 7 heteroatoms. The van der Waals surface area contributed by atoms with E-state index in [2.05, 4.69) is 34.4 Å². The van der Waals surface area contributed by atoms with Gasteiger partial charge < -0.3 is 30.2 Å². The number of rotatable bonds is 7. The Morgan fingerprint density at radius 2 is 2.00 bits per heavy atom. The maximum Gasteiger partial charge on any atom is 0.222 e. The molecule has 0 amide bonds. The standard InChI is InChI=1S/C17H21N5O.Y/c1-4-15(18)11(2)20-17-19-10-14(12(3)23)16(22-17)21-13-8-6-5-7-9-13;/h5-11,15H,1-2,4,18H2,3H3,(H2,19,20,21,22);/q-2;/t11-,15+;/m1./s1. The van der Waals surface area contributed by atoms with Crippen LogP contribution < -0.4 is 16.4 Å². The first kappa shape index (κ1) is 20.7. The number of hydrogen-bond acceptors (Lipinski definition) is 6. The Balaban J connectivity index is 0.00000288. The number of nitrogens with one attached hydrogen (secondary N) is 2. The molecule has 6 nitrogen and oxygen atoms in total. The molecular weight excluding hydrogens is 379 g/mol. The van der Waals surface area contributed by atoms with Gasteiger partial charge in [-0.15, -0.1) is 0 Å². The first-order valence-corrected chi connectivity index (χ1v) is 7.35. The number of anilines is 3. The number of para-hydroxylation sites is 1. The minimum atomic E-state index is -0.278. The van der Waals surface area contributed by atoms with Crippen LogP contribution in [0.1, 0.15) is 23.7 Å². The van der Waals surface area contributed by atoms with Crippen LogP contribution in [0.4, 0.5) is 17.5 Å². The van der Waals surface area contributed by atoms with E-state index in [0.29, 0.717) is 23.8 Å². The predicted octanol–water partition coefficient (Wildman–Crippen LogP) is 2.59. The molecule has 24 heavy (non-hydrogen) atoms. The fourth-order valence-electron chi connectivity index (χ4n) is 1.94. The van der Waals surface area contributed by atoms with Crippen molar-refractivity contribution < 1.29 is 37.5 Å². The van der Waals surface area contributed by atoms with Crippen molar-refractivity contribution in [3.63, 3.8) is 0 Å². The summed E-state index contributed by atoms with van der Waals surface area (Å²) in [5, 5.41) is 6.17. The van der Waals surface area contributed by atoms with Gasteiger partial charge in [-0.2, -0.15) is 11.4 Å². The quantitative estimate of drug-likeness (QED) is 0.489. The molecular formula is C17H21N5OY-2. The zero-order valence-corrected chi connectivity index (χ0v) is 16.5. The van der Waals surface area contributed by atoms with Gasteiger partial charge in [0.1, 0.15) is 5.82 Å². The molecule has 1 aromatic carbocycles. The third-order valence-corrected chi connectivity index (χ3v) is 3.37. The SMILES string of the molecule is [CH2-]C[C@H](N)[C@@H]([CH2-])Nc1ncc(C(C)=O)c(Nc2ccccc2)n1.[Y]. The zero-order chi connectivity index (χ0) is 16.8. The number of hydrogen-bond donors (Lipinski definition) is 3. The normalized spacial score (nSPS) is 12.7. The number of carbonyl (C=O) groups is 1. The molecule has 0 aliphatic heterocycles. The van der Waals surface area contributed by atoms with Gasteiger partial charge in [-0.25, -0.2) is 4.98 Å². The zero-order valence-electron chi connectivity index (χ0n) is 13.7. The predicted molar refractivity (Wildman–Crippen MR) is 92.5 cm³/mol. The van der Waals surface area contributed by atoms with Crippen LogP contribution in [0.5, 0.6) is 0 Å². The molecule has 4 N–H and O–H groups in total. The molecule has 2 aromatic rings. The third kappa shape index (κ3) is 5.62. The van der Waals surface area contributed by atoms with Crippen molar-refractivity contribution >= 4 is 23.2 Å². The van der Waals surface area contributed by atoms with Gasteiger partial charge in [-0.1, -0.05) is 24.2 Å². The number of ketones is 1. The molecule has 2 rings (SSSR count). The van der Waals surface area contributed by atoms with E-state index in [4.69, 9.17) is 5.73 Å². The second-order valence-corrected chi connectivity index (χ2v) is 5.21. The van der Waals surface area contributed by atoms with Gasteiger partial charge in [0.2, 0.25) is 5.95 Å². The van der Waals surface area contributed by atoms with E-state index in [-0.39, 0.29) is 50.6 Å². The van der Waals surface area contributed by atoms with Crippen molar-refractivity contribution in [1.82, 2.24) is 9.97 Å². The van der Waals surface area contributed by atoms with E-state index in [0.717, 1.165) is 5.69 Å². The van der Waals surface area contributed by atoms with Crippen LogP contribution in [0, 0.1) is 13.8 Å². The Morgan fingerprint density at radius 3 is 2.58 bits per heavy atom. The molecule has 0 spiro atoms. The van der Waals surface area contributed by atoms with Crippen LogP contribution in [0.3, 0.4) is 0 Å². The molecule has 0 saturated heterocycles. The summed E-state index contributed by atoms with van der Waals surface area (Å²) in [6.45, 7) is 9.16. The molecule has 0 aliphatic carbocycles. The first-order chi connectivity index (χ1) is 11.0. The van der Waals surface area contributed by atoms with Crippen LogP contribution in [-0.4, -0.2) is 27.8 Å². The molecule has 1 aromatic heterocycles. The van der Waals surface area contributed by atoms with Crippen LogP contribution in [0.25, 0.3) is 0 Å². The third-order valence-electron chi connectivity index (χ3n) is 3.37. The van der Waals surface area contributed by atoms with Crippen molar-refractivity contribution in [2.24, 2.45) is 5.73 Å². The van der Waals surface area contributed by atoms with Crippen molar-refractivity contribution in [2.75, 3.05) is 10.6 Å². The van der Waals surface area contributed by atoms with Crippen LogP contribution >= 0.6 is 0 Å². The Bertz CT molecular complexity index is 665. The van der Waals surface area contributed by atoms with E-state index < -0.39 is 0 Å². The van der Waals surface area contributed by atoms with Gasteiger partial charge in [-0.3, -0.25) is 4.79 Å². The summed E-state index contributed by atoms with van der Waals surface area (Å²) in [5.41, 5.74) is 7.14. The minimum Gasteiger partial charge on any atom is -0.380 e. The molecule has 125 valence electrons. The van der Waals surface area contributed by atoms with E-state index in [9.17, 15) is 4.79 Å². The summed E-state index contributed by atoms with van der Waals surface area (Å²) >= 11 is 0. The molecule has 0 fully saturated rings. The van der Waals surface area contributed by atoms with Crippen molar-refractivity contribution in [3.8, 4) is 0 Å². The van der Waals surface area contributed by atoms with E-state index in [1.165, 1.54) is 13.1 Å². The number of carbonyl (C=O) groups excluding carboxylic acids is 1. The Labute approximate surface area is 167 Å². The van der Waals surface area contributed by atoms with E-state index in [1.54, 1.807) is 0 Å². The van der Waals surface area contributed by atoms with Gasteiger partial charge in [0.05, 0.1) is 5.56 Å². The van der Waals surface area contributed by atoms with Crippen molar-refractivity contribution in [2.45, 2.75) is 25.4 Å². The summed E-state index contributed by atoms with van der Waals surface area (Å²) in [7, 11) is 0. The van der Waals surface area contributed by atoms with Gasteiger partial charge in [0, 0.05) is 44.6 Å². The largest absolute Gasteiger partial charge is 0.380 e. The molecule has 0 saturated carbocycles. The summed E-state index contributed by atoms with van der Waals surface area (Å²) in [4.78, 5) is 20.3. The first-order valence-electron chi connectivity index (χ1n) is 7.35. The average Bonchev–Trinajstić information content (AvgIpc) is 2.55. The average molecular weight is 400 g/mol. The summed E-state index contributed by atoms with van der Waals surface area (Å²) in [6, 6.07) is 9.00. The molecule has 1 radical (unpaired) electrons. The smallest absolute Gasteiger partial charge is 0.222 e. The maximum absolute atomic E-state index is 11.8. The Morgan fingerprint density at radius 1 is 1.33 bits per heavy atom. The molecule has 0 aliphatic rings. The van der Waals surface area contributed by atoms with Crippen LogP contribution in [0.15, 0.2) is 36.5 Å². The monoisotopic (exact) mass is 400 g/mol. The number of aromatic nitrogens is 2. The summed E-state index contributed by atoms with van der Waals surface area (Å²) in [5.74, 6) is 0.685. The summed E-state index contributed by atoms with van der Waals surface area (Å²) < 4.78 is 0. The molecule has 2 atom stereocenters. The second-order valence-electron chi connectivity index (χ2n) is 5.21. The molecule has 0 bridgehead atoms. The van der Waals surface area contributed by atoms with Gasteiger partial charge >= 0.3 is 0 Å². The second kappa shape index (κ2) is 9.82. The minimum absolute atomic E-state index is 0. The Kier molecular flexibility index (Phi) is 8.46. The van der Waals surface area contributed by atoms with Crippen molar-refractivity contribution in [3.05, 3.63) is 55.9 Å². The number of nitrogens with two attached hydrogens (primary N) is 1. The molecule has 1 heterocycles. The summed E-state index contributed by atoms with van der Waals surface area (Å²) in [6.07, 6.45) is 2.03. The van der Waals surface area contributed by atoms with Gasteiger partial charge in [0.25, 0.3) is 0 Å². The number of Topliss-reactive ketones (excluding diaryl/α,β-unsaturated/α-hetero) is 1. The topological polar surface area (TPSA) is 92.9 Å².